The highest BCUT2D eigenvalue weighted by Gasteiger charge is 2.44. The Balaban J connectivity index is 1.69. The summed E-state index contributed by atoms with van der Waals surface area (Å²) in [6.07, 6.45) is 4.54. The van der Waals surface area contributed by atoms with E-state index in [1.165, 1.54) is 0 Å². The SMILES string of the molecule is CCOCC1(CC)CCC(c2c(CN(C)CCN(C)C(=O)OC(C)(C)C)nn3c2CC(F)(F)C3)CC1. The number of fused-ring (bicyclic) bond motifs is 1. The Bertz CT molecular complexity index is 888. The van der Waals surface area contributed by atoms with Crippen LogP contribution in [0.4, 0.5) is 13.6 Å². The molecule has 1 saturated carbocycles. The third kappa shape index (κ3) is 7.18. The van der Waals surface area contributed by atoms with E-state index in [1.807, 2.05) is 34.7 Å². The summed E-state index contributed by atoms with van der Waals surface area (Å²) in [5.41, 5.74) is 2.31. The molecule has 2 aliphatic rings. The first-order valence-corrected chi connectivity index (χ1v) is 13.4. The predicted molar refractivity (Wildman–Crippen MR) is 137 cm³/mol. The number of hydrogen-bond donors (Lipinski definition) is 0. The molecule has 2 heterocycles. The molecule has 0 aromatic carbocycles. The van der Waals surface area contributed by atoms with Crippen molar-refractivity contribution in [2.45, 2.75) is 104 Å². The predicted octanol–water partition coefficient (Wildman–Crippen LogP) is 5.46. The molecular formula is C27H46F2N4O3. The number of halogens is 2. The first-order chi connectivity index (χ1) is 16.8. The Hall–Kier alpha value is -1.74. The van der Waals surface area contributed by atoms with Crippen molar-refractivity contribution in [3.63, 3.8) is 0 Å². The molecule has 1 fully saturated rings. The Morgan fingerprint density at radius 2 is 1.83 bits per heavy atom. The molecule has 0 saturated heterocycles. The highest BCUT2D eigenvalue weighted by atomic mass is 19.3. The molecule has 0 N–H and O–H groups in total. The van der Waals surface area contributed by atoms with E-state index >= 15 is 0 Å². The lowest BCUT2D eigenvalue weighted by molar-refractivity contribution is 0.000495. The van der Waals surface area contributed by atoms with Crippen LogP contribution in [0.5, 0.6) is 0 Å². The van der Waals surface area contributed by atoms with Gasteiger partial charge in [0.25, 0.3) is 5.92 Å². The van der Waals surface area contributed by atoms with Crippen molar-refractivity contribution in [2.75, 3.05) is 40.4 Å². The lowest BCUT2D eigenvalue weighted by Crippen LogP contribution is -2.38. The minimum absolute atomic E-state index is 0.190. The van der Waals surface area contributed by atoms with Crippen LogP contribution in [0.15, 0.2) is 0 Å². The summed E-state index contributed by atoms with van der Waals surface area (Å²) in [4.78, 5) is 16.0. The van der Waals surface area contributed by atoms with Gasteiger partial charge in [-0.2, -0.15) is 5.10 Å². The molecule has 36 heavy (non-hydrogen) atoms. The van der Waals surface area contributed by atoms with Gasteiger partial charge in [-0.1, -0.05) is 6.92 Å². The van der Waals surface area contributed by atoms with Gasteiger partial charge in [0.2, 0.25) is 0 Å². The number of rotatable bonds is 10. The fourth-order valence-corrected chi connectivity index (χ4v) is 5.51. The maximum atomic E-state index is 14.3. The average Bonchev–Trinajstić information content (AvgIpc) is 3.25. The Morgan fingerprint density at radius 3 is 2.42 bits per heavy atom. The van der Waals surface area contributed by atoms with Crippen molar-refractivity contribution in [3.05, 3.63) is 17.0 Å². The summed E-state index contributed by atoms with van der Waals surface area (Å²) >= 11 is 0. The van der Waals surface area contributed by atoms with E-state index in [0.29, 0.717) is 25.3 Å². The van der Waals surface area contributed by atoms with Gasteiger partial charge in [0, 0.05) is 44.5 Å². The zero-order valence-corrected chi connectivity index (χ0v) is 23.3. The standard InChI is InChI=1S/C27H46F2N4O3/c1-8-26(19-35-9-2)12-10-20(11-13-26)23-21(30-33-18-27(28,29)16-22(23)33)17-31(6)14-15-32(7)24(34)36-25(3,4)5/h20H,8-19H2,1-7H3. The summed E-state index contributed by atoms with van der Waals surface area (Å²) < 4.78 is 41.4. The molecule has 1 aliphatic heterocycles. The number of amides is 1. The largest absolute Gasteiger partial charge is 0.444 e. The monoisotopic (exact) mass is 512 g/mol. The normalized spacial score (nSPS) is 23.7. The maximum Gasteiger partial charge on any atom is 0.410 e. The van der Waals surface area contributed by atoms with Crippen molar-refractivity contribution in [2.24, 2.45) is 5.41 Å². The molecular weight excluding hydrogens is 466 g/mol. The van der Waals surface area contributed by atoms with Crippen molar-refractivity contribution in [3.8, 4) is 0 Å². The molecule has 9 heteroatoms. The van der Waals surface area contributed by atoms with Crippen molar-refractivity contribution >= 4 is 6.09 Å². The van der Waals surface area contributed by atoms with Crippen LogP contribution in [-0.2, 0) is 29.0 Å². The third-order valence-electron chi connectivity index (χ3n) is 7.74. The van der Waals surface area contributed by atoms with E-state index in [1.54, 1.807) is 16.6 Å². The highest BCUT2D eigenvalue weighted by Crippen LogP contribution is 2.48. The van der Waals surface area contributed by atoms with Crippen LogP contribution in [0, 0.1) is 5.41 Å². The second kappa shape index (κ2) is 11.3. The second-order valence-corrected chi connectivity index (χ2v) is 11.9. The van der Waals surface area contributed by atoms with E-state index in [4.69, 9.17) is 9.47 Å². The van der Waals surface area contributed by atoms with Crippen molar-refractivity contribution in [1.29, 1.82) is 0 Å². The molecule has 0 bridgehead atoms. The van der Waals surface area contributed by atoms with Crippen LogP contribution in [0.25, 0.3) is 0 Å². The number of ether oxygens (including phenoxy) is 2. The topological polar surface area (TPSA) is 59.8 Å². The van der Waals surface area contributed by atoms with Crippen LogP contribution in [0.2, 0.25) is 0 Å². The van der Waals surface area contributed by atoms with E-state index < -0.39 is 11.5 Å². The van der Waals surface area contributed by atoms with Crippen molar-refractivity contribution in [1.82, 2.24) is 19.6 Å². The van der Waals surface area contributed by atoms with Gasteiger partial charge in [-0.25, -0.2) is 13.6 Å². The summed E-state index contributed by atoms with van der Waals surface area (Å²) in [5, 5.41) is 4.68. The second-order valence-electron chi connectivity index (χ2n) is 11.9. The number of alkyl halides is 2. The van der Waals surface area contributed by atoms with E-state index in [0.717, 1.165) is 56.6 Å². The summed E-state index contributed by atoms with van der Waals surface area (Å²) in [5.74, 6) is -2.48. The molecule has 0 atom stereocenters. The number of carbonyl (C=O) groups is 1. The van der Waals surface area contributed by atoms with Crippen LogP contribution in [0.1, 0.15) is 89.6 Å². The van der Waals surface area contributed by atoms with Crippen LogP contribution in [-0.4, -0.2) is 77.6 Å². The van der Waals surface area contributed by atoms with Gasteiger partial charge in [0.05, 0.1) is 18.7 Å². The van der Waals surface area contributed by atoms with Gasteiger partial charge in [0.1, 0.15) is 12.1 Å². The lowest BCUT2D eigenvalue weighted by Gasteiger charge is -2.40. The smallest absolute Gasteiger partial charge is 0.410 e. The number of carbonyl (C=O) groups excluding carboxylic acids is 1. The summed E-state index contributed by atoms with van der Waals surface area (Å²) in [6.45, 7) is 12.7. The van der Waals surface area contributed by atoms with Gasteiger partial charge in [-0.15, -0.1) is 0 Å². The lowest BCUT2D eigenvalue weighted by atomic mass is 9.67. The molecule has 3 rings (SSSR count). The van der Waals surface area contributed by atoms with Crippen molar-refractivity contribution < 1.29 is 23.0 Å². The Morgan fingerprint density at radius 1 is 1.17 bits per heavy atom. The number of nitrogens with zero attached hydrogens (tertiary/aromatic N) is 4. The first-order valence-electron chi connectivity index (χ1n) is 13.4. The number of hydrogen-bond acceptors (Lipinski definition) is 5. The Kier molecular flexibility index (Phi) is 9.08. The first kappa shape index (κ1) is 28.8. The van der Waals surface area contributed by atoms with Crippen LogP contribution < -0.4 is 0 Å². The van der Waals surface area contributed by atoms with E-state index in [2.05, 4.69) is 16.9 Å². The molecule has 7 nitrogen and oxygen atoms in total. The summed E-state index contributed by atoms with van der Waals surface area (Å²) in [6, 6.07) is 0. The molecule has 206 valence electrons. The zero-order chi connectivity index (χ0) is 26.7. The van der Waals surface area contributed by atoms with E-state index in [-0.39, 0.29) is 30.4 Å². The zero-order valence-electron chi connectivity index (χ0n) is 23.3. The minimum atomic E-state index is -2.73. The molecule has 0 spiro atoms. The van der Waals surface area contributed by atoms with Gasteiger partial charge in [-0.3, -0.25) is 9.58 Å². The third-order valence-corrected chi connectivity index (χ3v) is 7.74. The highest BCUT2D eigenvalue weighted by molar-refractivity contribution is 5.67. The molecule has 1 amide bonds. The van der Waals surface area contributed by atoms with Crippen LogP contribution in [0.3, 0.4) is 0 Å². The number of aromatic nitrogens is 2. The summed E-state index contributed by atoms with van der Waals surface area (Å²) in [7, 11) is 3.71. The number of likely N-dealkylation sites (N-methyl/N-ethyl adjacent to an activating group) is 2. The van der Waals surface area contributed by atoms with E-state index in [9.17, 15) is 13.6 Å². The van der Waals surface area contributed by atoms with Gasteiger partial charge in [0.15, 0.2) is 0 Å². The average molecular weight is 513 g/mol. The quantitative estimate of drug-likeness (QED) is 0.416. The fourth-order valence-electron chi connectivity index (χ4n) is 5.51. The molecule has 1 aliphatic carbocycles. The van der Waals surface area contributed by atoms with Gasteiger partial charge >= 0.3 is 6.09 Å². The Labute approximate surface area is 215 Å². The fraction of sp³-hybridized carbons (Fsp3) is 0.852. The minimum Gasteiger partial charge on any atom is -0.444 e. The van der Waals surface area contributed by atoms with Crippen LogP contribution >= 0.6 is 0 Å². The molecule has 0 radical (unpaired) electrons. The molecule has 1 aromatic heterocycles. The van der Waals surface area contributed by atoms with Gasteiger partial charge in [-0.05, 0) is 78.2 Å². The molecule has 0 unspecified atom stereocenters. The van der Waals surface area contributed by atoms with Gasteiger partial charge < -0.3 is 14.4 Å². The maximum absolute atomic E-state index is 14.3. The molecule has 1 aromatic rings.